The number of pyridine rings is 1. The maximum absolute atomic E-state index is 11.4. The molecule has 0 spiro atoms. The molecule has 0 aromatic carbocycles. The summed E-state index contributed by atoms with van der Waals surface area (Å²) >= 11 is 0. The van der Waals surface area contributed by atoms with E-state index in [4.69, 9.17) is 4.74 Å². The molecule has 1 N–H and O–H groups in total. The Morgan fingerprint density at radius 3 is 2.86 bits per heavy atom. The number of nitrogens with zero attached hydrogens (tertiary/aromatic N) is 2. The molecule has 1 aromatic heterocycles. The number of hydrogen-bond donors (Lipinski definition) is 1. The van der Waals surface area contributed by atoms with Gasteiger partial charge in [-0.15, -0.1) is 0 Å². The van der Waals surface area contributed by atoms with Gasteiger partial charge in [0, 0.05) is 32.8 Å². The summed E-state index contributed by atoms with van der Waals surface area (Å²) < 4.78 is 5.51. The standard InChI is InChI=1S/C17H25N3O2/c1-13(21)20-8-5-14(6-9-20)15-4-7-18-17(11-15)19-16-3-2-10-22-12-16/h4,7,11,14,16H,2-3,5-6,8-10,12H2,1H3,(H,18,19). The summed E-state index contributed by atoms with van der Waals surface area (Å²) in [6, 6.07) is 4.65. The highest BCUT2D eigenvalue weighted by Crippen LogP contribution is 2.29. The average Bonchev–Trinajstić information content (AvgIpc) is 2.56. The first-order chi connectivity index (χ1) is 10.7. The normalized spacial score (nSPS) is 23.3. The van der Waals surface area contributed by atoms with Crippen molar-refractivity contribution in [3.05, 3.63) is 23.9 Å². The molecular weight excluding hydrogens is 278 g/mol. The molecule has 2 fully saturated rings. The van der Waals surface area contributed by atoms with Crippen LogP contribution in [0, 0.1) is 0 Å². The van der Waals surface area contributed by atoms with Gasteiger partial charge in [0.25, 0.3) is 0 Å². The predicted octanol–water partition coefficient (Wildman–Crippen LogP) is 2.40. The van der Waals surface area contributed by atoms with Gasteiger partial charge < -0.3 is 15.0 Å². The van der Waals surface area contributed by atoms with E-state index in [0.717, 1.165) is 57.8 Å². The van der Waals surface area contributed by atoms with Crippen LogP contribution in [0.3, 0.4) is 0 Å². The number of hydrogen-bond acceptors (Lipinski definition) is 4. The van der Waals surface area contributed by atoms with Gasteiger partial charge in [0.15, 0.2) is 0 Å². The number of likely N-dealkylation sites (tertiary alicyclic amines) is 1. The molecule has 1 atom stereocenters. The van der Waals surface area contributed by atoms with Gasteiger partial charge in [-0.3, -0.25) is 4.79 Å². The molecule has 2 saturated heterocycles. The summed E-state index contributed by atoms with van der Waals surface area (Å²) in [6.07, 6.45) is 6.22. The average molecular weight is 303 g/mol. The Balaban J connectivity index is 1.60. The summed E-state index contributed by atoms with van der Waals surface area (Å²) in [7, 11) is 0. The second-order valence-electron chi connectivity index (χ2n) is 6.31. The van der Waals surface area contributed by atoms with Crippen molar-refractivity contribution >= 4 is 11.7 Å². The van der Waals surface area contributed by atoms with Crippen molar-refractivity contribution in [1.29, 1.82) is 0 Å². The molecule has 2 aliphatic heterocycles. The van der Waals surface area contributed by atoms with E-state index in [1.54, 1.807) is 6.92 Å². The Morgan fingerprint density at radius 1 is 1.36 bits per heavy atom. The Labute approximate surface area is 132 Å². The molecule has 5 heteroatoms. The zero-order chi connectivity index (χ0) is 15.4. The van der Waals surface area contributed by atoms with Crippen molar-refractivity contribution in [2.45, 2.75) is 44.6 Å². The molecule has 1 unspecified atom stereocenters. The summed E-state index contributed by atoms with van der Waals surface area (Å²) in [6.45, 7) is 5.02. The monoisotopic (exact) mass is 303 g/mol. The number of amides is 1. The van der Waals surface area contributed by atoms with Gasteiger partial charge in [-0.2, -0.15) is 0 Å². The largest absolute Gasteiger partial charge is 0.379 e. The lowest BCUT2D eigenvalue weighted by molar-refractivity contribution is -0.129. The van der Waals surface area contributed by atoms with Gasteiger partial charge in [0.2, 0.25) is 5.91 Å². The van der Waals surface area contributed by atoms with E-state index in [2.05, 4.69) is 22.4 Å². The van der Waals surface area contributed by atoms with Gasteiger partial charge in [-0.25, -0.2) is 4.98 Å². The highest BCUT2D eigenvalue weighted by atomic mass is 16.5. The number of carbonyl (C=O) groups excluding carboxylic acids is 1. The van der Waals surface area contributed by atoms with E-state index in [1.807, 2.05) is 11.1 Å². The number of piperidine rings is 1. The van der Waals surface area contributed by atoms with Crippen LogP contribution in [-0.2, 0) is 9.53 Å². The summed E-state index contributed by atoms with van der Waals surface area (Å²) in [5.74, 6) is 1.66. The van der Waals surface area contributed by atoms with E-state index in [1.165, 1.54) is 5.56 Å². The zero-order valence-electron chi connectivity index (χ0n) is 13.3. The van der Waals surface area contributed by atoms with Crippen LogP contribution >= 0.6 is 0 Å². The van der Waals surface area contributed by atoms with Crippen molar-refractivity contribution in [2.75, 3.05) is 31.6 Å². The van der Waals surface area contributed by atoms with Crippen LogP contribution in [-0.4, -0.2) is 48.1 Å². The van der Waals surface area contributed by atoms with Gasteiger partial charge in [-0.1, -0.05) is 0 Å². The highest BCUT2D eigenvalue weighted by Gasteiger charge is 2.22. The van der Waals surface area contributed by atoms with Crippen molar-refractivity contribution in [3.8, 4) is 0 Å². The van der Waals surface area contributed by atoms with Crippen LogP contribution in [0.25, 0.3) is 0 Å². The summed E-state index contributed by atoms with van der Waals surface area (Å²) in [4.78, 5) is 17.8. The molecule has 5 nitrogen and oxygen atoms in total. The van der Waals surface area contributed by atoms with Crippen LogP contribution in [0.2, 0.25) is 0 Å². The second kappa shape index (κ2) is 7.09. The predicted molar refractivity (Wildman–Crippen MR) is 85.9 cm³/mol. The Hall–Kier alpha value is -1.62. The molecule has 1 aromatic rings. The Kier molecular flexibility index (Phi) is 4.93. The van der Waals surface area contributed by atoms with Crippen LogP contribution < -0.4 is 5.32 Å². The third-order valence-corrected chi connectivity index (χ3v) is 4.71. The smallest absolute Gasteiger partial charge is 0.219 e. The SMILES string of the molecule is CC(=O)N1CCC(c2ccnc(NC3CCCOC3)c2)CC1. The van der Waals surface area contributed by atoms with Gasteiger partial charge in [-0.05, 0) is 49.3 Å². The first kappa shape index (κ1) is 15.3. The maximum atomic E-state index is 11.4. The van der Waals surface area contributed by atoms with Gasteiger partial charge >= 0.3 is 0 Å². The van der Waals surface area contributed by atoms with Gasteiger partial charge in [0.05, 0.1) is 12.6 Å². The quantitative estimate of drug-likeness (QED) is 0.931. The fourth-order valence-electron chi connectivity index (χ4n) is 3.37. The zero-order valence-corrected chi connectivity index (χ0v) is 13.3. The van der Waals surface area contributed by atoms with E-state index >= 15 is 0 Å². The van der Waals surface area contributed by atoms with Gasteiger partial charge in [0.1, 0.15) is 5.82 Å². The molecular formula is C17H25N3O2. The molecule has 3 rings (SSSR count). The minimum Gasteiger partial charge on any atom is -0.379 e. The number of aromatic nitrogens is 1. The fourth-order valence-corrected chi connectivity index (χ4v) is 3.37. The van der Waals surface area contributed by atoms with E-state index < -0.39 is 0 Å². The number of carbonyl (C=O) groups is 1. The van der Waals surface area contributed by atoms with Crippen molar-refractivity contribution < 1.29 is 9.53 Å². The Morgan fingerprint density at radius 2 is 2.18 bits per heavy atom. The van der Waals surface area contributed by atoms with E-state index in [9.17, 15) is 4.79 Å². The molecule has 0 bridgehead atoms. The second-order valence-corrected chi connectivity index (χ2v) is 6.31. The first-order valence-electron chi connectivity index (χ1n) is 8.28. The van der Waals surface area contributed by atoms with Crippen LogP contribution in [0.15, 0.2) is 18.3 Å². The number of anilines is 1. The van der Waals surface area contributed by atoms with Crippen molar-refractivity contribution in [2.24, 2.45) is 0 Å². The minimum atomic E-state index is 0.188. The van der Waals surface area contributed by atoms with Crippen molar-refractivity contribution in [1.82, 2.24) is 9.88 Å². The van der Waals surface area contributed by atoms with E-state index in [-0.39, 0.29) is 5.91 Å². The third-order valence-electron chi connectivity index (χ3n) is 4.71. The topological polar surface area (TPSA) is 54.5 Å². The third kappa shape index (κ3) is 3.77. The fraction of sp³-hybridized carbons (Fsp3) is 0.647. The maximum Gasteiger partial charge on any atom is 0.219 e. The lowest BCUT2D eigenvalue weighted by atomic mass is 9.90. The lowest BCUT2D eigenvalue weighted by Gasteiger charge is -2.31. The van der Waals surface area contributed by atoms with E-state index in [0.29, 0.717) is 12.0 Å². The molecule has 0 saturated carbocycles. The highest BCUT2D eigenvalue weighted by molar-refractivity contribution is 5.73. The first-order valence-corrected chi connectivity index (χ1v) is 8.28. The molecule has 3 heterocycles. The molecule has 0 aliphatic carbocycles. The summed E-state index contributed by atoms with van der Waals surface area (Å²) in [5, 5.41) is 3.49. The van der Waals surface area contributed by atoms with Crippen molar-refractivity contribution in [3.63, 3.8) is 0 Å². The molecule has 1 amide bonds. The molecule has 22 heavy (non-hydrogen) atoms. The number of rotatable bonds is 3. The molecule has 120 valence electrons. The molecule has 0 radical (unpaired) electrons. The lowest BCUT2D eigenvalue weighted by Crippen LogP contribution is -2.36. The van der Waals surface area contributed by atoms with Crippen LogP contribution in [0.4, 0.5) is 5.82 Å². The van der Waals surface area contributed by atoms with Crippen LogP contribution in [0.5, 0.6) is 0 Å². The number of ether oxygens (including phenoxy) is 1. The minimum absolute atomic E-state index is 0.188. The van der Waals surface area contributed by atoms with Crippen LogP contribution in [0.1, 0.15) is 44.1 Å². The Bertz CT molecular complexity index is 506. The number of nitrogens with one attached hydrogen (secondary N) is 1. The summed E-state index contributed by atoms with van der Waals surface area (Å²) in [5.41, 5.74) is 1.33. The molecule has 2 aliphatic rings.